The lowest BCUT2D eigenvalue weighted by Gasteiger charge is -2.05. The summed E-state index contributed by atoms with van der Waals surface area (Å²) in [5.41, 5.74) is 0.994. The highest BCUT2D eigenvalue weighted by molar-refractivity contribution is 7.98. The van der Waals surface area contributed by atoms with Crippen LogP contribution >= 0.6 is 23.5 Å². The summed E-state index contributed by atoms with van der Waals surface area (Å²) in [5, 5.41) is 1.06. The molecule has 0 spiro atoms. The van der Waals surface area contributed by atoms with Crippen molar-refractivity contribution in [1.29, 1.82) is 0 Å². The molecule has 0 aliphatic carbocycles. The molecule has 2 heterocycles. The SMILES string of the molecule is O=c1cc(CSc2ccccc2)nc(SCc2nc3ccccc3c(=O)[nH]2)[nH]1. The first kappa shape index (κ1) is 18.5. The third kappa shape index (κ3) is 4.52. The predicted octanol–water partition coefficient (Wildman–Crippen LogP) is 3.59. The summed E-state index contributed by atoms with van der Waals surface area (Å²) < 4.78 is 0. The molecule has 28 heavy (non-hydrogen) atoms. The monoisotopic (exact) mass is 408 g/mol. The number of para-hydroxylation sites is 1. The standard InChI is InChI=1S/C20H16N4O2S2/c25-18-10-13(11-27-14-6-2-1-3-7-14)21-20(24-18)28-12-17-22-16-9-5-4-8-15(16)19(26)23-17/h1-10H,11-12H2,(H,21,24,25)(H,22,23,26). The van der Waals surface area contributed by atoms with Gasteiger partial charge in [0.1, 0.15) is 5.82 Å². The summed E-state index contributed by atoms with van der Waals surface area (Å²) in [5.74, 6) is 1.55. The van der Waals surface area contributed by atoms with E-state index in [2.05, 4.69) is 19.9 Å². The quantitative estimate of drug-likeness (QED) is 0.374. The first-order valence-electron chi connectivity index (χ1n) is 8.56. The minimum absolute atomic E-state index is 0.171. The van der Waals surface area contributed by atoms with Crippen LogP contribution in [0.1, 0.15) is 11.5 Å². The molecule has 2 aromatic carbocycles. The van der Waals surface area contributed by atoms with E-state index in [9.17, 15) is 9.59 Å². The van der Waals surface area contributed by atoms with E-state index < -0.39 is 0 Å². The molecule has 0 amide bonds. The molecule has 4 aromatic rings. The Morgan fingerprint density at radius 3 is 2.46 bits per heavy atom. The van der Waals surface area contributed by atoms with Gasteiger partial charge in [0.15, 0.2) is 5.16 Å². The number of H-pyrrole nitrogens is 2. The maximum atomic E-state index is 12.2. The first-order chi connectivity index (χ1) is 13.7. The van der Waals surface area contributed by atoms with E-state index in [1.54, 1.807) is 30.0 Å². The van der Waals surface area contributed by atoms with Gasteiger partial charge in [0, 0.05) is 16.7 Å². The zero-order chi connectivity index (χ0) is 19.3. The molecular weight excluding hydrogens is 392 g/mol. The molecule has 8 heteroatoms. The average Bonchev–Trinajstić information content (AvgIpc) is 2.71. The number of fused-ring (bicyclic) bond motifs is 1. The number of hydrogen-bond donors (Lipinski definition) is 2. The Balaban J connectivity index is 1.48. The van der Waals surface area contributed by atoms with Gasteiger partial charge in [-0.2, -0.15) is 0 Å². The van der Waals surface area contributed by atoms with Gasteiger partial charge in [-0.15, -0.1) is 11.8 Å². The van der Waals surface area contributed by atoms with Gasteiger partial charge in [-0.1, -0.05) is 42.1 Å². The fourth-order valence-electron chi connectivity index (χ4n) is 2.64. The number of hydrogen-bond acceptors (Lipinski definition) is 6. The van der Waals surface area contributed by atoms with Gasteiger partial charge in [-0.3, -0.25) is 9.59 Å². The van der Waals surface area contributed by atoms with Gasteiger partial charge in [0.05, 0.1) is 22.3 Å². The molecule has 0 unspecified atom stereocenters. The maximum absolute atomic E-state index is 12.2. The second-order valence-corrected chi connectivity index (χ2v) is 7.97. The van der Waals surface area contributed by atoms with Crippen molar-refractivity contribution in [1.82, 2.24) is 19.9 Å². The lowest BCUT2D eigenvalue weighted by Crippen LogP contribution is -2.12. The van der Waals surface area contributed by atoms with E-state index in [1.807, 2.05) is 36.4 Å². The third-order valence-electron chi connectivity index (χ3n) is 3.91. The summed E-state index contributed by atoms with van der Waals surface area (Å²) in [6.07, 6.45) is 0. The average molecular weight is 409 g/mol. The predicted molar refractivity (Wildman–Crippen MR) is 113 cm³/mol. The van der Waals surface area contributed by atoms with Crippen LogP contribution in [0.4, 0.5) is 0 Å². The Hall–Kier alpha value is -2.84. The highest BCUT2D eigenvalue weighted by Gasteiger charge is 2.07. The zero-order valence-electron chi connectivity index (χ0n) is 14.7. The van der Waals surface area contributed by atoms with Crippen molar-refractivity contribution in [3.63, 3.8) is 0 Å². The molecule has 0 atom stereocenters. The van der Waals surface area contributed by atoms with Crippen LogP contribution in [0.2, 0.25) is 0 Å². The molecule has 0 aliphatic rings. The van der Waals surface area contributed by atoms with Crippen LogP contribution in [0, 0.1) is 0 Å². The molecule has 0 saturated carbocycles. The Morgan fingerprint density at radius 1 is 0.821 bits per heavy atom. The van der Waals surface area contributed by atoms with Crippen molar-refractivity contribution in [2.45, 2.75) is 21.6 Å². The fraction of sp³-hybridized carbons (Fsp3) is 0.100. The van der Waals surface area contributed by atoms with Crippen LogP contribution < -0.4 is 11.1 Å². The van der Waals surface area contributed by atoms with Crippen molar-refractivity contribution in [3.8, 4) is 0 Å². The van der Waals surface area contributed by atoms with Crippen molar-refractivity contribution < 1.29 is 0 Å². The molecule has 0 aliphatic heterocycles. The van der Waals surface area contributed by atoms with Gasteiger partial charge < -0.3 is 9.97 Å². The summed E-state index contributed by atoms with van der Waals surface area (Å²) in [7, 11) is 0. The second kappa shape index (κ2) is 8.45. The van der Waals surface area contributed by atoms with Crippen LogP contribution in [-0.4, -0.2) is 19.9 Å². The van der Waals surface area contributed by atoms with Crippen LogP contribution in [0.3, 0.4) is 0 Å². The summed E-state index contributed by atoms with van der Waals surface area (Å²) >= 11 is 2.96. The molecule has 2 aromatic heterocycles. The topological polar surface area (TPSA) is 91.5 Å². The number of rotatable bonds is 6. The molecular formula is C20H16N4O2S2. The Labute approximate surface area is 168 Å². The molecule has 0 fully saturated rings. The van der Waals surface area contributed by atoms with Gasteiger partial charge in [-0.25, -0.2) is 9.97 Å². The summed E-state index contributed by atoms with van der Waals surface area (Å²) in [6, 6.07) is 18.7. The summed E-state index contributed by atoms with van der Waals surface area (Å²) in [6.45, 7) is 0. The summed E-state index contributed by atoms with van der Waals surface area (Å²) in [4.78, 5) is 39.8. The Morgan fingerprint density at radius 2 is 1.61 bits per heavy atom. The lowest BCUT2D eigenvalue weighted by molar-refractivity contribution is 0.896. The van der Waals surface area contributed by atoms with E-state index in [0.29, 0.717) is 39.1 Å². The molecule has 140 valence electrons. The van der Waals surface area contributed by atoms with Crippen molar-refractivity contribution in [3.05, 3.63) is 92.9 Å². The van der Waals surface area contributed by atoms with Crippen LogP contribution in [0.5, 0.6) is 0 Å². The van der Waals surface area contributed by atoms with Gasteiger partial charge in [-0.05, 0) is 24.3 Å². The minimum Gasteiger partial charge on any atom is -0.309 e. The minimum atomic E-state index is -0.193. The van der Waals surface area contributed by atoms with E-state index >= 15 is 0 Å². The van der Waals surface area contributed by atoms with E-state index in [1.165, 1.54) is 17.8 Å². The number of aromatic nitrogens is 4. The second-order valence-electron chi connectivity index (χ2n) is 5.96. The highest BCUT2D eigenvalue weighted by atomic mass is 32.2. The van der Waals surface area contributed by atoms with Crippen molar-refractivity contribution in [2.24, 2.45) is 0 Å². The Kier molecular flexibility index (Phi) is 5.59. The largest absolute Gasteiger partial charge is 0.309 e. The number of thioether (sulfide) groups is 2. The highest BCUT2D eigenvalue weighted by Crippen LogP contribution is 2.22. The van der Waals surface area contributed by atoms with Crippen LogP contribution in [-0.2, 0) is 11.5 Å². The Bertz CT molecular complexity index is 1220. The van der Waals surface area contributed by atoms with Crippen molar-refractivity contribution in [2.75, 3.05) is 0 Å². The van der Waals surface area contributed by atoms with E-state index in [0.717, 1.165) is 4.90 Å². The van der Waals surface area contributed by atoms with Gasteiger partial charge >= 0.3 is 0 Å². The van der Waals surface area contributed by atoms with Gasteiger partial charge in [0.2, 0.25) is 0 Å². The van der Waals surface area contributed by atoms with E-state index in [4.69, 9.17) is 0 Å². The molecule has 2 N–H and O–H groups in total. The number of benzene rings is 2. The molecule has 4 rings (SSSR count). The smallest absolute Gasteiger partial charge is 0.258 e. The number of nitrogens with one attached hydrogen (secondary N) is 2. The first-order valence-corrected chi connectivity index (χ1v) is 10.5. The van der Waals surface area contributed by atoms with Crippen LogP contribution in [0.25, 0.3) is 10.9 Å². The fourth-order valence-corrected chi connectivity index (χ4v) is 4.22. The maximum Gasteiger partial charge on any atom is 0.258 e. The normalized spacial score (nSPS) is 11.0. The van der Waals surface area contributed by atoms with E-state index in [-0.39, 0.29) is 11.1 Å². The zero-order valence-corrected chi connectivity index (χ0v) is 16.3. The van der Waals surface area contributed by atoms with Crippen molar-refractivity contribution >= 4 is 34.4 Å². The van der Waals surface area contributed by atoms with Gasteiger partial charge in [0.25, 0.3) is 11.1 Å². The van der Waals surface area contributed by atoms with Crippen LogP contribution in [0.15, 0.2) is 80.3 Å². The third-order valence-corrected chi connectivity index (χ3v) is 5.84. The molecule has 0 saturated heterocycles. The lowest BCUT2D eigenvalue weighted by atomic mass is 10.2. The molecule has 0 radical (unpaired) electrons. The molecule has 0 bridgehead atoms. The number of nitrogens with zero attached hydrogens (tertiary/aromatic N) is 2. The number of aromatic amines is 2. The molecule has 6 nitrogen and oxygen atoms in total.